The molecule has 1 rings (SSSR count). The van der Waals surface area contributed by atoms with Crippen molar-refractivity contribution < 1.29 is 8.42 Å². The minimum absolute atomic E-state index is 0.207. The molecule has 5 heteroatoms. The molecule has 3 nitrogen and oxygen atoms in total. The number of benzene rings is 1. The highest BCUT2D eigenvalue weighted by Gasteiger charge is 2.12. The Kier molecular flexibility index (Phi) is 6.32. The zero-order chi connectivity index (χ0) is 13.6. The summed E-state index contributed by atoms with van der Waals surface area (Å²) in [7, 11) is -2.89. The Labute approximate surface area is 118 Å². The zero-order valence-corrected chi connectivity index (χ0v) is 13.2. The van der Waals surface area contributed by atoms with Crippen molar-refractivity contribution in [3.8, 4) is 0 Å². The highest BCUT2D eigenvalue weighted by molar-refractivity contribution is 9.10. The lowest BCUT2D eigenvalue weighted by atomic mass is 10.0. The highest BCUT2D eigenvalue weighted by atomic mass is 79.9. The average Bonchev–Trinajstić information content (AvgIpc) is 2.25. The molecule has 1 unspecified atom stereocenters. The molecule has 18 heavy (non-hydrogen) atoms. The summed E-state index contributed by atoms with van der Waals surface area (Å²) in [5.74, 6) is 0.235. The van der Waals surface area contributed by atoms with Crippen molar-refractivity contribution in [3.05, 3.63) is 34.3 Å². The first kappa shape index (κ1) is 15.7. The summed E-state index contributed by atoms with van der Waals surface area (Å²) in [4.78, 5) is 0. The van der Waals surface area contributed by atoms with Gasteiger partial charge in [-0.1, -0.05) is 35.0 Å². The summed E-state index contributed by atoms with van der Waals surface area (Å²) in [6.45, 7) is 2.89. The van der Waals surface area contributed by atoms with Gasteiger partial charge in [0.1, 0.15) is 9.84 Å². The van der Waals surface area contributed by atoms with Crippen LogP contribution in [-0.4, -0.2) is 33.0 Å². The first-order valence-corrected chi connectivity index (χ1v) is 8.91. The van der Waals surface area contributed by atoms with Crippen molar-refractivity contribution in [2.24, 2.45) is 0 Å². The van der Waals surface area contributed by atoms with Crippen LogP contribution in [0.15, 0.2) is 28.7 Å². The van der Waals surface area contributed by atoms with E-state index in [2.05, 4.69) is 33.4 Å². The molecule has 0 aliphatic heterocycles. The Morgan fingerprint density at radius 1 is 1.39 bits per heavy atom. The molecule has 0 aliphatic rings. The third kappa shape index (κ3) is 6.52. The molecule has 0 bridgehead atoms. The Morgan fingerprint density at radius 2 is 2.11 bits per heavy atom. The molecular weight excluding hydrogens is 314 g/mol. The lowest BCUT2D eigenvalue weighted by Gasteiger charge is -2.17. The Balaban J connectivity index is 2.62. The highest BCUT2D eigenvalue weighted by Crippen LogP contribution is 2.14. The standard InChI is InChI=1S/C13H20BrNO2S/c1-3-15-13(7-8-18(2,16)17)10-11-5-4-6-12(14)9-11/h4-6,9,13,15H,3,7-8,10H2,1-2H3. The van der Waals surface area contributed by atoms with Gasteiger partial charge in [0.25, 0.3) is 0 Å². The molecule has 1 aromatic carbocycles. The van der Waals surface area contributed by atoms with Crippen molar-refractivity contribution in [3.63, 3.8) is 0 Å². The lowest BCUT2D eigenvalue weighted by molar-refractivity contribution is 0.506. The van der Waals surface area contributed by atoms with Crippen LogP contribution in [0.2, 0.25) is 0 Å². The first-order chi connectivity index (χ1) is 8.40. The van der Waals surface area contributed by atoms with E-state index in [0.29, 0.717) is 6.42 Å². The first-order valence-electron chi connectivity index (χ1n) is 6.06. The number of hydrogen-bond acceptors (Lipinski definition) is 3. The SMILES string of the molecule is CCNC(CCS(C)(=O)=O)Cc1cccc(Br)c1. The fraction of sp³-hybridized carbons (Fsp3) is 0.538. The van der Waals surface area contributed by atoms with Gasteiger partial charge in [-0.2, -0.15) is 0 Å². The smallest absolute Gasteiger partial charge is 0.147 e. The molecule has 0 radical (unpaired) electrons. The van der Waals surface area contributed by atoms with Crippen molar-refractivity contribution in [1.82, 2.24) is 5.32 Å². The minimum atomic E-state index is -2.89. The predicted octanol–water partition coefficient (Wildman–Crippen LogP) is 2.40. The molecular formula is C13H20BrNO2S. The van der Waals surface area contributed by atoms with Crippen molar-refractivity contribution in [2.75, 3.05) is 18.6 Å². The third-order valence-electron chi connectivity index (χ3n) is 2.70. The van der Waals surface area contributed by atoms with Crippen molar-refractivity contribution >= 4 is 25.8 Å². The monoisotopic (exact) mass is 333 g/mol. The fourth-order valence-corrected chi connectivity index (χ4v) is 3.03. The van der Waals surface area contributed by atoms with Gasteiger partial charge in [0.05, 0.1) is 5.75 Å². The maximum Gasteiger partial charge on any atom is 0.147 e. The summed E-state index contributed by atoms with van der Waals surface area (Å²) in [5.41, 5.74) is 1.21. The Morgan fingerprint density at radius 3 is 2.67 bits per heavy atom. The van der Waals surface area contributed by atoms with E-state index in [-0.39, 0.29) is 11.8 Å². The van der Waals surface area contributed by atoms with E-state index in [9.17, 15) is 8.42 Å². The number of halogens is 1. The maximum absolute atomic E-state index is 11.2. The Bertz CT molecular complexity index is 474. The number of rotatable bonds is 7. The Hall–Kier alpha value is -0.390. The van der Waals surface area contributed by atoms with Crippen LogP contribution in [0.3, 0.4) is 0 Å². The third-order valence-corrected chi connectivity index (χ3v) is 4.17. The molecule has 0 heterocycles. The van der Waals surface area contributed by atoms with E-state index < -0.39 is 9.84 Å². The van der Waals surface area contributed by atoms with Gasteiger partial charge in [-0.3, -0.25) is 0 Å². The van der Waals surface area contributed by atoms with Gasteiger partial charge in [0, 0.05) is 16.8 Å². The summed E-state index contributed by atoms with van der Waals surface area (Å²) in [5, 5.41) is 3.34. The van der Waals surface area contributed by atoms with Crippen molar-refractivity contribution in [2.45, 2.75) is 25.8 Å². The van der Waals surface area contributed by atoms with Gasteiger partial charge >= 0.3 is 0 Å². The van der Waals surface area contributed by atoms with Crippen LogP contribution in [0.1, 0.15) is 18.9 Å². The maximum atomic E-state index is 11.2. The van der Waals surface area contributed by atoms with E-state index in [0.717, 1.165) is 17.4 Å². The van der Waals surface area contributed by atoms with Gasteiger partial charge < -0.3 is 5.32 Å². The van der Waals surface area contributed by atoms with Crippen LogP contribution in [-0.2, 0) is 16.3 Å². The van der Waals surface area contributed by atoms with E-state index in [1.165, 1.54) is 11.8 Å². The van der Waals surface area contributed by atoms with E-state index in [1.807, 2.05) is 19.1 Å². The van der Waals surface area contributed by atoms with Crippen LogP contribution >= 0.6 is 15.9 Å². The topological polar surface area (TPSA) is 46.2 Å². The fourth-order valence-electron chi connectivity index (χ4n) is 1.87. The molecule has 1 aromatic rings. The van der Waals surface area contributed by atoms with Gasteiger partial charge in [-0.15, -0.1) is 0 Å². The largest absolute Gasteiger partial charge is 0.314 e. The summed E-state index contributed by atoms with van der Waals surface area (Å²) in [6.07, 6.45) is 2.79. The lowest BCUT2D eigenvalue weighted by Crippen LogP contribution is -2.32. The molecule has 0 fully saturated rings. The number of nitrogens with one attached hydrogen (secondary N) is 1. The van der Waals surface area contributed by atoms with Crippen LogP contribution in [0.4, 0.5) is 0 Å². The number of likely N-dealkylation sites (N-methyl/N-ethyl adjacent to an activating group) is 1. The molecule has 0 aliphatic carbocycles. The second kappa shape index (κ2) is 7.26. The molecule has 0 saturated carbocycles. The van der Waals surface area contributed by atoms with Gasteiger partial charge in [-0.05, 0) is 37.1 Å². The molecule has 1 N–H and O–H groups in total. The molecule has 0 aromatic heterocycles. The quantitative estimate of drug-likeness (QED) is 0.833. The molecule has 0 saturated heterocycles. The van der Waals surface area contributed by atoms with E-state index in [1.54, 1.807) is 0 Å². The van der Waals surface area contributed by atoms with Gasteiger partial charge in [0.15, 0.2) is 0 Å². The summed E-state index contributed by atoms with van der Waals surface area (Å²) < 4.78 is 23.5. The minimum Gasteiger partial charge on any atom is -0.314 e. The summed E-state index contributed by atoms with van der Waals surface area (Å²) in [6, 6.07) is 8.33. The average molecular weight is 334 g/mol. The number of sulfone groups is 1. The second-order valence-electron chi connectivity index (χ2n) is 4.51. The van der Waals surface area contributed by atoms with E-state index in [4.69, 9.17) is 0 Å². The van der Waals surface area contributed by atoms with Crippen molar-refractivity contribution in [1.29, 1.82) is 0 Å². The molecule has 0 amide bonds. The molecule has 1 atom stereocenters. The predicted molar refractivity (Wildman–Crippen MR) is 79.6 cm³/mol. The van der Waals surface area contributed by atoms with Crippen LogP contribution < -0.4 is 5.32 Å². The second-order valence-corrected chi connectivity index (χ2v) is 7.68. The number of hydrogen-bond donors (Lipinski definition) is 1. The van der Waals surface area contributed by atoms with E-state index >= 15 is 0 Å². The summed E-state index contributed by atoms with van der Waals surface area (Å²) >= 11 is 3.45. The zero-order valence-electron chi connectivity index (χ0n) is 10.8. The molecule has 102 valence electrons. The molecule has 0 spiro atoms. The van der Waals surface area contributed by atoms with Gasteiger partial charge in [0.2, 0.25) is 0 Å². The van der Waals surface area contributed by atoms with Crippen LogP contribution in [0, 0.1) is 0 Å². The van der Waals surface area contributed by atoms with Gasteiger partial charge in [-0.25, -0.2) is 8.42 Å². The normalized spacial score (nSPS) is 13.5. The van der Waals surface area contributed by atoms with Crippen LogP contribution in [0.5, 0.6) is 0 Å². The van der Waals surface area contributed by atoms with Crippen LogP contribution in [0.25, 0.3) is 0 Å².